The van der Waals surface area contributed by atoms with E-state index in [-0.39, 0.29) is 17.5 Å². The summed E-state index contributed by atoms with van der Waals surface area (Å²) < 4.78 is 10.7. The quantitative estimate of drug-likeness (QED) is 0.672. The van der Waals surface area contributed by atoms with Crippen molar-refractivity contribution in [3.8, 4) is 6.07 Å². The van der Waals surface area contributed by atoms with E-state index in [1.807, 2.05) is 32.9 Å². The Morgan fingerprint density at radius 2 is 2.21 bits per heavy atom. The maximum absolute atomic E-state index is 8.95. The van der Waals surface area contributed by atoms with Crippen LogP contribution in [0, 0.1) is 18.3 Å². The second kappa shape index (κ2) is 5.40. The topological polar surface area (TPSA) is 87.4 Å². The molecule has 0 saturated heterocycles. The Kier molecular flexibility index (Phi) is 3.66. The summed E-state index contributed by atoms with van der Waals surface area (Å²) in [6.07, 6.45) is 1.51. The monoisotopic (exact) mass is 258 g/mol. The summed E-state index contributed by atoms with van der Waals surface area (Å²) in [6, 6.07) is 5.60. The van der Waals surface area contributed by atoms with Crippen molar-refractivity contribution in [2.45, 2.75) is 26.7 Å². The van der Waals surface area contributed by atoms with Crippen LogP contribution in [0.15, 0.2) is 26.1 Å². The van der Waals surface area contributed by atoms with E-state index in [9.17, 15) is 0 Å². The summed E-state index contributed by atoms with van der Waals surface area (Å²) in [6.45, 7) is 5.72. The van der Waals surface area contributed by atoms with Crippen LogP contribution < -0.4 is 5.43 Å². The zero-order valence-corrected chi connectivity index (χ0v) is 11.0. The summed E-state index contributed by atoms with van der Waals surface area (Å²) in [4.78, 5) is 4.07. The number of rotatable bonds is 4. The molecule has 2 aromatic rings. The van der Waals surface area contributed by atoms with Gasteiger partial charge in [0.15, 0.2) is 0 Å². The zero-order chi connectivity index (χ0) is 13.8. The largest absolute Gasteiger partial charge is 0.460 e. The molecule has 0 spiro atoms. The molecule has 98 valence electrons. The van der Waals surface area contributed by atoms with Gasteiger partial charge in [0.25, 0.3) is 5.88 Å². The third kappa shape index (κ3) is 3.01. The number of aromatic nitrogens is 1. The van der Waals surface area contributed by atoms with Gasteiger partial charge in [-0.3, -0.25) is 0 Å². The highest BCUT2D eigenvalue weighted by Crippen LogP contribution is 2.21. The number of anilines is 1. The first-order valence-corrected chi connectivity index (χ1v) is 5.86. The van der Waals surface area contributed by atoms with Gasteiger partial charge in [0.1, 0.15) is 17.6 Å². The molecule has 0 fully saturated rings. The van der Waals surface area contributed by atoms with Crippen molar-refractivity contribution in [2.75, 3.05) is 5.43 Å². The minimum Gasteiger partial charge on any atom is -0.460 e. The molecule has 2 aromatic heterocycles. The minimum absolute atomic E-state index is 0.111. The number of nitriles is 1. The second-order valence-corrected chi connectivity index (χ2v) is 4.31. The number of furan rings is 1. The lowest BCUT2D eigenvalue weighted by molar-refractivity contribution is 0.481. The van der Waals surface area contributed by atoms with Gasteiger partial charge in [0.05, 0.1) is 6.21 Å². The Bertz CT molecular complexity index is 631. The summed E-state index contributed by atoms with van der Waals surface area (Å²) in [5.41, 5.74) is 2.85. The summed E-state index contributed by atoms with van der Waals surface area (Å²) in [7, 11) is 0. The first-order chi connectivity index (χ1) is 9.10. The molecule has 6 heteroatoms. The van der Waals surface area contributed by atoms with E-state index >= 15 is 0 Å². The molecular formula is C13H14N4O2. The van der Waals surface area contributed by atoms with Crippen molar-refractivity contribution in [3.05, 3.63) is 35.2 Å². The lowest BCUT2D eigenvalue weighted by atomic mass is 10.2. The predicted molar refractivity (Wildman–Crippen MR) is 70.0 cm³/mol. The summed E-state index contributed by atoms with van der Waals surface area (Å²) in [5, 5.41) is 12.9. The predicted octanol–water partition coefficient (Wildman–Crippen LogP) is 3.02. The number of hydrogen-bond donors (Lipinski definition) is 1. The van der Waals surface area contributed by atoms with Crippen LogP contribution in [0.4, 0.5) is 5.88 Å². The van der Waals surface area contributed by atoms with Crippen molar-refractivity contribution in [3.63, 3.8) is 0 Å². The van der Waals surface area contributed by atoms with Gasteiger partial charge in [-0.25, -0.2) is 10.4 Å². The van der Waals surface area contributed by atoms with Crippen LogP contribution in [0.2, 0.25) is 0 Å². The lowest BCUT2D eigenvalue weighted by Gasteiger charge is -1.96. The Labute approximate surface area is 110 Å². The van der Waals surface area contributed by atoms with E-state index in [0.29, 0.717) is 11.7 Å². The van der Waals surface area contributed by atoms with E-state index in [1.165, 1.54) is 6.21 Å². The maximum atomic E-state index is 8.95. The molecule has 2 heterocycles. The molecule has 0 unspecified atom stereocenters. The van der Waals surface area contributed by atoms with Crippen LogP contribution in [-0.2, 0) is 0 Å². The first-order valence-electron chi connectivity index (χ1n) is 5.86. The molecule has 0 atom stereocenters. The molecule has 0 amide bonds. The van der Waals surface area contributed by atoms with E-state index in [0.717, 1.165) is 5.76 Å². The third-order valence-corrected chi connectivity index (χ3v) is 2.36. The SMILES string of the molecule is Cc1ccc(C=NNc2oc(C(C)C)nc2C#N)o1. The Morgan fingerprint density at radius 3 is 2.79 bits per heavy atom. The third-order valence-electron chi connectivity index (χ3n) is 2.36. The highest BCUT2D eigenvalue weighted by atomic mass is 16.4. The Balaban J connectivity index is 2.11. The molecule has 1 N–H and O–H groups in total. The first kappa shape index (κ1) is 12.9. The van der Waals surface area contributed by atoms with Gasteiger partial charge in [-0.2, -0.15) is 10.4 Å². The van der Waals surface area contributed by atoms with Gasteiger partial charge in [0, 0.05) is 5.92 Å². The maximum Gasteiger partial charge on any atom is 0.252 e. The van der Waals surface area contributed by atoms with Crippen LogP contribution in [0.5, 0.6) is 0 Å². The normalized spacial score (nSPS) is 11.1. The molecule has 0 aliphatic carbocycles. The van der Waals surface area contributed by atoms with Gasteiger partial charge in [-0.15, -0.1) is 0 Å². The fourth-order valence-electron chi connectivity index (χ4n) is 1.41. The van der Waals surface area contributed by atoms with Crippen molar-refractivity contribution in [1.29, 1.82) is 5.26 Å². The van der Waals surface area contributed by atoms with Crippen LogP contribution >= 0.6 is 0 Å². The molecule has 2 rings (SSSR count). The van der Waals surface area contributed by atoms with Gasteiger partial charge in [-0.1, -0.05) is 13.8 Å². The number of nitrogens with one attached hydrogen (secondary N) is 1. The van der Waals surface area contributed by atoms with Crippen molar-refractivity contribution in [1.82, 2.24) is 4.98 Å². The molecule has 0 aliphatic heterocycles. The number of hydrogen-bond acceptors (Lipinski definition) is 6. The molecule has 0 aromatic carbocycles. The Morgan fingerprint density at radius 1 is 1.42 bits per heavy atom. The zero-order valence-electron chi connectivity index (χ0n) is 11.0. The van der Waals surface area contributed by atoms with Crippen LogP contribution in [-0.4, -0.2) is 11.2 Å². The highest BCUT2D eigenvalue weighted by molar-refractivity contribution is 5.76. The molecule has 0 bridgehead atoms. The molecule has 19 heavy (non-hydrogen) atoms. The standard InChI is InChI=1S/C13H14N4O2/c1-8(2)12-16-11(6-14)13(19-12)17-15-7-10-5-4-9(3)18-10/h4-5,7-8,17H,1-3H3. The van der Waals surface area contributed by atoms with Gasteiger partial charge < -0.3 is 8.83 Å². The molecule has 0 radical (unpaired) electrons. The highest BCUT2D eigenvalue weighted by Gasteiger charge is 2.14. The van der Waals surface area contributed by atoms with E-state index in [4.69, 9.17) is 14.1 Å². The fraction of sp³-hybridized carbons (Fsp3) is 0.308. The Hall–Kier alpha value is -2.55. The summed E-state index contributed by atoms with van der Waals surface area (Å²) in [5.74, 6) is 2.28. The minimum atomic E-state index is 0.111. The lowest BCUT2D eigenvalue weighted by Crippen LogP contribution is -1.90. The van der Waals surface area contributed by atoms with E-state index in [1.54, 1.807) is 6.07 Å². The van der Waals surface area contributed by atoms with Crippen molar-refractivity contribution in [2.24, 2.45) is 5.10 Å². The van der Waals surface area contributed by atoms with Crippen LogP contribution in [0.1, 0.15) is 42.9 Å². The molecular weight excluding hydrogens is 244 g/mol. The number of nitrogens with zero attached hydrogens (tertiary/aromatic N) is 3. The average molecular weight is 258 g/mol. The molecule has 6 nitrogen and oxygen atoms in total. The summed E-state index contributed by atoms with van der Waals surface area (Å²) >= 11 is 0. The number of oxazole rings is 1. The van der Waals surface area contributed by atoms with Crippen LogP contribution in [0.3, 0.4) is 0 Å². The van der Waals surface area contributed by atoms with E-state index in [2.05, 4.69) is 15.5 Å². The van der Waals surface area contributed by atoms with Crippen molar-refractivity contribution >= 4 is 12.1 Å². The van der Waals surface area contributed by atoms with Crippen molar-refractivity contribution < 1.29 is 8.83 Å². The average Bonchev–Trinajstić information content (AvgIpc) is 2.96. The van der Waals surface area contributed by atoms with Crippen LogP contribution in [0.25, 0.3) is 0 Å². The number of aryl methyl sites for hydroxylation is 1. The second-order valence-electron chi connectivity index (χ2n) is 4.31. The molecule has 0 aliphatic rings. The van der Waals surface area contributed by atoms with Gasteiger partial charge in [-0.05, 0) is 19.1 Å². The smallest absolute Gasteiger partial charge is 0.252 e. The van der Waals surface area contributed by atoms with Gasteiger partial charge in [0.2, 0.25) is 11.6 Å². The van der Waals surface area contributed by atoms with Gasteiger partial charge >= 0.3 is 0 Å². The number of hydrazone groups is 1. The van der Waals surface area contributed by atoms with E-state index < -0.39 is 0 Å². The molecule has 0 saturated carbocycles. The fourth-order valence-corrected chi connectivity index (χ4v) is 1.41.